The van der Waals surface area contributed by atoms with Crippen LogP contribution in [0, 0.1) is 0 Å². The number of hydrogen-bond acceptors (Lipinski definition) is 3. The van der Waals surface area contributed by atoms with Crippen molar-refractivity contribution in [1.82, 2.24) is 4.90 Å². The van der Waals surface area contributed by atoms with E-state index in [4.69, 9.17) is 4.74 Å². The number of aliphatic hydroxyl groups excluding tert-OH is 1. The molecule has 1 aliphatic carbocycles. The van der Waals surface area contributed by atoms with Crippen LogP contribution in [-0.2, 0) is 6.54 Å². The molecule has 1 aliphatic rings. The molecule has 0 unspecified atom stereocenters. The molecule has 0 amide bonds. The number of nitrogens with zero attached hydrogens (tertiary/aromatic N) is 1. The van der Waals surface area contributed by atoms with E-state index in [1.54, 1.807) is 7.11 Å². The van der Waals surface area contributed by atoms with Crippen molar-refractivity contribution in [1.29, 1.82) is 0 Å². The highest BCUT2D eigenvalue weighted by Gasteiger charge is 2.21. The van der Waals surface area contributed by atoms with E-state index >= 15 is 0 Å². The minimum absolute atomic E-state index is 0.228. The minimum atomic E-state index is 0.228. The molecule has 106 valence electrons. The summed E-state index contributed by atoms with van der Waals surface area (Å²) in [4.78, 5) is 2.41. The number of hydrogen-bond donors (Lipinski definition) is 1. The lowest BCUT2D eigenvalue weighted by molar-refractivity contribution is 0.116. The molecule has 3 nitrogen and oxygen atoms in total. The van der Waals surface area contributed by atoms with Crippen molar-refractivity contribution >= 4 is 0 Å². The molecule has 1 aromatic rings. The van der Waals surface area contributed by atoms with Gasteiger partial charge in [-0.3, -0.25) is 4.90 Å². The Morgan fingerprint density at radius 2 is 1.95 bits per heavy atom. The van der Waals surface area contributed by atoms with Gasteiger partial charge in [0, 0.05) is 24.7 Å². The van der Waals surface area contributed by atoms with Crippen molar-refractivity contribution in [3.05, 3.63) is 29.8 Å². The number of ether oxygens (including phenoxy) is 1. The summed E-state index contributed by atoms with van der Waals surface area (Å²) >= 11 is 0. The second kappa shape index (κ2) is 7.51. The third kappa shape index (κ3) is 3.95. The number of methoxy groups -OCH3 is 1. The molecule has 0 aliphatic heterocycles. The Morgan fingerprint density at radius 1 is 1.21 bits per heavy atom. The average Bonchev–Trinajstić information content (AvgIpc) is 2.48. The maximum absolute atomic E-state index is 9.30. The smallest absolute Gasteiger partial charge is 0.123 e. The second-order valence-corrected chi connectivity index (χ2v) is 5.30. The number of aliphatic hydroxyl groups is 1. The molecule has 1 aromatic carbocycles. The summed E-state index contributed by atoms with van der Waals surface area (Å²) < 4.78 is 5.42. The molecule has 0 atom stereocenters. The lowest BCUT2D eigenvalue weighted by Crippen LogP contribution is -2.38. The highest BCUT2D eigenvalue weighted by molar-refractivity contribution is 5.33. The lowest BCUT2D eigenvalue weighted by atomic mass is 9.94. The first-order valence-electron chi connectivity index (χ1n) is 7.32. The first kappa shape index (κ1) is 14.4. The summed E-state index contributed by atoms with van der Waals surface area (Å²) in [7, 11) is 1.72. The number of para-hydroxylation sites is 1. The van der Waals surface area contributed by atoms with Gasteiger partial charge in [0.2, 0.25) is 0 Å². The van der Waals surface area contributed by atoms with Gasteiger partial charge >= 0.3 is 0 Å². The summed E-state index contributed by atoms with van der Waals surface area (Å²) in [5.41, 5.74) is 1.21. The predicted octanol–water partition coefficient (Wildman–Crippen LogP) is 2.82. The second-order valence-electron chi connectivity index (χ2n) is 5.30. The summed E-state index contributed by atoms with van der Waals surface area (Å²) in [6, 6.07) is 8.79. The van der Waals surface area contributed by atoms with Crippen LogP contribution in [-0.4, -0.2) is 36.3 Å². The maximum Gasteiger partial charge on any atom is 0.123 e. The van der Waals surface area contributed by atoms with Crippen molar-refractivity contribution in [2.75, 3.05) is 20.3 Å². The van der Waals surface area contributed by atoms with E-state index in [1.165, 1.54) is 37.7 Å². The zero-order valence-electron chi connectivity index (χ0n) is 11.8. The van der Waals surface area contributed by atoms with E-state index < -0.39 is 0 Å². The van der Waals surface area contributed by atoms with Gasteiger partial charge in [-0.2, -0.15) is 0 Å². The summed E-state index contributed by atoms with van der Waals surface area (Å²) in [6.45, 7) is 1.85. The fraction of sp³-hybridized carbons (Fsp3) is 0.625. The fourth-order valence-electron chi connectivity index (χ4n) is 3.02. The SMILES string of the molecule is COc1ccccc1CN(CCO)C1CCCCC1. The van der Waals surface area contributed by atoms with Crippen molar-refractivity contribution in [2.45, 2.75) is 44.7 Å². The molecular formula is C16H25NO2. The predicted molar refractivity (Wildman–Crippen MR) is 77.4 cm³/mol. The van der Waals surface area contributed by atoms with Crippen LogP contribution in [0.25, 0.3) is 0 Å². The van der Waals surface area contributed by atoms with Crippen molar-refractivity contribution in [3.63, 3.8) is 0 Å². The van der Waals surface area contributed by atoms with Gasteiger partial charge in [0.05, 0.1) is 13.7 Å². The Bertz CT molecular complexity index is 375. The van der Waals surface area contributed by atoms with Gasteiger partial charge < -0.3 is 9.84 Å². The van der Waals surface area contributed by atoms with Crippen LogP contribution in [0.1, 0.15) is 37.7 Å². The molecule has 1 N–H and O–H groups in total. The Balaban J connectivity index is 2.06. The van der Waals surface area contributed by atoms with Crippen LogP contribution in [0.3, 0.4) is 0 Å². The molecule has 0 heterocycles. The number of rotatable bonds is 6. The van der Waals surface area contributed by atoms with Crippen LogP contribution in [0.5, 0.6) is 5.75 Å². The third-order valence-corrected chi connectivity index (χ3v) is 4.04. The van der Waals surface area contributed by atoms with E-state index in [2.05, 4.69) is 17.0 Å². The lowest BCUT2D eigenvalue weighted by Gasteiger charge is -2.34. The van der Waals surface area contributed by atoms with E-state index in [-0.39, 0.29) is 6.61 Å². The Hall–Kier alpha value is -1.06. The Labute approximate surface area is 116 Å². The average molecular weight is 263 g/mol. The quantitative estimate of drug-likeness (QED) is 0.856. The van der Waals surface area contributed by atoms with Gasteiger partial charge in [0.1, 0.15) is 5.75 Å². The summed E-state index contributed by atoms with van der Waals surface area (Å²) in [6.07, 6.45) is 6.51. The van der Waals surface area contributed by atoms with Gasteiger partial charge in [-0.25, -0.2) is 0 Å². The molecule has 0 bridgehead atoms. The molecule has 19 heavy (non-hydrogen) atoms. The highest BCUT2D eigenvalue weighted by atomic mass is 16.5. The molecule has 0 saturated heterocycles. The summed E-state index contributed by atoms with van der Waals surface area (Å²) in [5.74, 6) is 0.946. The van der Waals surface area contributed by atoms with E-state index in [9.17, 15) is 5.11 Å². The van der Waals surface area contributed by atoms with Crippen LogP contribution in [0.4, 0.5) is 0 Å². The fourth-order valence-corrected chi connectivity index (χ4v) is 3.02. The van der Waals surface area contributed by atoms with Crippen LogP contribution >= 0.6 is 0 Å². The minimum Gasteiger partial charge on any atom is -0.496 e. The van der Waals surface area contributed by atoms with Gasteiger partial charge in [0.25, 0.3) is 0 Å². The molecule has 1 saturated carbocycles. The highest BCUT2D eigenvalue weighted by Crippen LogP contribution is 2.26. The Morgan fingerprint density at radius 3 is 2.63 bits per heavy atom. The van der Waals surface area contributed by atoms with Gasteiger partial charge in [-0.05, 0) is 18.9 Å². The molecule has 3 heteroatoms. The number of benzene rings is 1. The molecule has 0 radical (unpaired) electrons. The zero-order valence-corrected chi connectivity index (χ0v) is 11.8. The van der Waals surface area contributed by atoms with Crippen molar-refractivity contribution < 1.29 is 9.84 Å². The normalized spacial score (nSPS) is 16.8. The molecular weight excluding hydrogens is 238 g/mol. The molecule has 2 rings (SSSR count). The van der Waals surface area contributed by atoms with Gasteiger partial charge in [0.15, 0.2) is 0 Å². The van der Waals surface area contributed by atoms with E-state index in [0.29, 0.717) is 6.04 Å². The standard InChI is InChI=1S/C16H25NO2/c1-19-16-10-6-5-7-14(16)13-17(11-12-18)15-8-3-2-4-9-15/h5-7,10,15,18H,2-4,8-9,11-13H2,1H3. The van der Waals surface area contributed by atoms with Gasteiger partial charge in [-0.15, -0.1) is 0 Å². The molecule has 0 aromatic heterocycles. The van der Waals surface area contributed by atoms with Gasteiger partial charge in [-0.1, -0.05) is 37.5 Å². The first-order chi connectivity index (χ1) is 9.35. The monoisotopic (exact) mass is 263 g/mol. The van der Waals surface area contributed by atoms with Crippen molar-refractivity contribution in [2.24, 2.45) is 0 Å². The van der Waals surface area contributed by atoms with E-state index in [0.717, 1.165) is 18.8 Å². The van der Waals surface area contributed by atoms with E-state index in [1.807, 2.05) is 12.1 Å². The van der Waals surface area contributed by atoms with Crippen LogP contribution < -0.4 is 4.74 Å². The Kier molecular flexibility index (Phi) is 5.67. The molecule has 1 fully saturated rings. The van der Waals surface area contributed by atoms with Crippen LogP contribution in [0.2, 0.25) is 0 Å². The van der Waals surface area contributed by atoms with Crippen LogP contribution in [0.15, 0.2) is 24.3 Å². The third-order valence-electron chi connectivity index (χ3n) is 4.04. The molecule has 0 spiro atoms. The summed E-state index contributed by atoms with van der Waals surface area (Å²) in [5, 5.41) is 9.30. The topological polar surface area (TPSA) is 32.7 Å². The largest absolute Gasteiger partial charge is 0.496 e. The first-order valence-corrected chi connectivity index (χ1v) is 7.32. The maximum atomic E-state index is 9.30. The van der Waals surface area contributed by atoms with Crippen molar-refractivity contribution in [3.8, 4) is 5.75 Å². The zero-order chi connectivity index (χ0) is 13.5.